The molecule has 1 saturated heterocycles. The number of thiophene rings is 1. The molecule has 5 rings (SSSR count). The fraction of sp³-hybridized carbons (Fsp3) is 0.552. The van der Waals surface area contributed by atoms with Crippen molar-refractivity contribution in [3.8, 4) is 11.4 Å². The number of carbonyl (C=O) groups is 1. The van der Waals surface area contributed by atoms with Crippen LogP contribution >= 0.6 is 11.3 Å². The minimum atomic E-state index is -0.516. The zero-order valence-corrected chi connectivity index (χ0v) is 23.6. The summed E-state index contributed by atoms with van der Waals surface area (Å²) >= 11 is 1.72. The van der Waals surface area contributed by atoms with Crippen LogP contribution in [0.3, 0.4) is 0 Å². The molecular formula is C29H39N5O3S. The van der Waals surface area contributed by atoms with Crippen molar-refractivity contribution in [1.82, 2.24) is 24.6 Å². The predicted octanol–water partition coefficient (Wildman–Crippen LogP) is 5.08. The maximum absolute atomic E-state index is 13.0. The van der Waals surface area contributed by atoms with E-state index in [0.29, 0.717) is 25.4 Å². The molecule has 8 nitrogen and oxygen atoms in total. The highest BCUT2D eigenvalue weighted by Gasteiger charge is 2.30. The first-order valence-corrected chi connectivity index (χ1v) is 14.5. The topological polar surface area (TPSA) is 72.7 Å². The van der Waals surface area contributed by atoms with Crippen molar-refractivity contribution in [3.63, 3.8) is 0 Å². The third-order valence-corrected chi connectivity index (χ3v) is 7.62. The average molecular weight is 538 g/mol. The Bertz CT molecular complexity index is 1190. The van der Waals surface area contributed by atoms with Crippen LogP contribution in [0.4, 0.5) is 4.79 Å². The number of hydrogen-bond donors (Lipinski definition) is 0. The first-order chi connectivity index (χ1) is 18.3. The molecule has 2 fully saturated rings. The Kier molecular flexibility index (Phi) is 8.45. The van der Waals surface area contributed by atoms with Crippen LogP contribution < -0.4 is 0 Å². The summed E-state index contributed by atoms with van der Waals surface area (Å²) in [6.07, 6.45) is 2.74. The van der Waals surface area contributed by atoms with Crippen molar-refractivity contribution in [3.05, 3.63) is 58.0 Å². The van der Waals surface area contributed by atoms with Crippen molar-refractivity contribution in [2.24, 2.45) is 5.92 Å². The van der Waals surface area contributed by atoms with Gasteiger partial charge >= 0.3 is 6.09 Å². The third kappa shape index (κ3) is 7.65. The van der Waals surface area contributed by atoms with E-state index in [9.17, 15) is 4.79 Å². The fourth-order valence-corrected chi connectivity index (χ4v) is 5.30. The summed E-state index contributed by atoms with van der Waals surface area (Å²) in [6, 6.07) is 12.7. The van der Waals surface area contributed by atoms with Gasteiger partial charge in [-0.25, -0.2) is 14.5 Å². The Morgan fingerprint density at radius 3 is 2.68 bits per heavy atom. The molecular weight excluding hydrogens is 498 g/mol. The number of benzene rings is 1. The van der Waals surface area contributed by atoms with E-state index in [1.807, 2.05) is 30.4 Å². The van der Waals surface area contributed by atoms with Crippen molar-refractivity contribution in [2.75, 3.05) is 39.4 Å². The molecule has 1 aromatic carbocycles. The molecule has 0 unspecified atom stereocenters. The second-order valence-electron chi connectivity index (χ2n) is 11.3. The van der Waals surface area contributed by atoms with Crippen molar-refractivity contribution < 1.29 is 14.3 Å². The van der Waals surface area contributed by atoms with Gasteiger partial charge in [0.05, 0.1) is 19.8 Å². The van der Waals surface area contributed by atoms with Gasteiger partial charge in [0.15, 0.2) is 5.82 Å². The van der Waals surface area contributed by atoms with E-state index in [0.717, 1.165) is 56.6 Å². The quantitative estimate of drug-likeness (QED) is 0.359. The standard InChI is InChI=1S/C29H39N5O3S/c1-29(2,3)37-28(35)33(20-22-9-10-22)12-11-26-30-27(31-34(26)21-25-8-5-17-38-25)24-7-4-6-23(18-24)19-32-13-15-36-16-14-32/h4-8,17-18,22H,9-16,19-21H2,1-3H3. The number of hydrogen-bond acceptors (Lipinski definition) is 7. The molecule has 3 aromatic rings. The second-order valence-corrected chi connectivity index (χ2v) is 12.3. The van der Waals surface area contributed by atoms with Crippen molar-refractivity contribution in [1.29, 1.82) is 0 Å². The van der Waals surface area contributed by atoms with Crippen LogP contribution in [0, 0.1) is 5.92 Å². The maximum atomic E-state index is 13.0. The number of rotatable bonds is 10. The molecule has 3 heterocycles. The molecule has 2 aromatic heterocycles. The first kappa shape index (κ1) is 26.8. The Morgan fingerprint density at radius 1 is 1.16 bits per heavy atom. The van der Waals surface area contributed by atoms with E-state index < -0.39 is 5.60 Å². The summed E-state index contributed by atoms with van der Waals surface area (Å²) in [4.78, 5) is 23.5. The molecule has 9 heteroatoms. The van der Waals surface area contributed by atoms with Crippen LogP contribution in [0.15, 0.2) is 41.8 Å². The van der Waals surface area contributed by atoms with Crippen LogP contribution in [0.25, 0.3) is 11.4 Å². The van der Waals surface area contributed by atoms with Gasteiger partial charge in [0.1, 0.15) is 11.4 Å². The molecule has 1 saturated carbocycles. The van der Waals surface area contributed by atoms with Gasteiger partial charge < -0.3 is 14.4 Å². The van der Waals surface area contributed by atoms with E-state index >= 15 is 0 Å². The summed E-state index contributed by atoms with van der Waals surface area (Å²) < 4.78 is 13.2. The minimum absolute atomic E-state index is 0.246. The van der Waals surface area contributed by atoms with Crippen LogP contribution in [0.2, 0.25) is 0 Å². The third-order valence-electron chi connectivity index (χ3n) is 6.76. The number of ether oxygens (including phenoxy) is 2. The molecule has 0 radical (unpaired) electrons. The second kappa shape index (κ2) is 12.0. The molecule has 0 atom stereocenters. The SMILES string of the molecule is CC(C)(C)OC(=O)N(CCc1nc(-c2cccc(CN3CCOCC3)c2)nn1Cc1cccs1)CC1CC1. The highest BCUT2D eigenvalue weighted by Crippen LogP contribution is 2.30. The van der Waals surface area contributed by atoms with Gasteiger partial charge in [-0.1, -0.05) is 24.3 Å². The smallest absolute Gasteiger partial charge is 0.410 e. The lowest BCUT2D eigenvalue weighted by Crippen LogP contribution is -2.39. The van der Waals surface area contributed by atoms with E-state index in [1.165, 1.54) is 23.3 Å². The zero-order valence-electron chi connectivity index (χ0n) is 22.8. The van der Waals surface area contributed by atoms with Crippen LogP contribution in [-0.4, -0.2) is 75.7 Å². The summed E-state index contributed by atoms with van der Waals surface area (Å²) in [7, 11) is 0. The van der Waals surface area contributed by atoms with Gasteiger partial charge in [-0.3, -0.25) is 4.90 Å². The molecule has 1 aliphatic carbocycles. The molecule has 0 bridgehead atoms. The Balaban J connectivity index is 1.34. The fourth-order valence-electron chi connectivity index (χ4n) is 4.62. The number of morpholine rings is 1. The normalized spacial score (nSPS) is 16.5. The average Bonchev–Trinajstić information content (AvgIpc) is 3.38. The van der Waals surface area contributed by atoms with Crippen LogP contribution in [0.5, 0.6) is 0 Å². The molecule has 0 N–H and O–H groups in total. The van der Waals surface area contributed by atoms with E-state index in [2.05, 4.69) is 46.7 Å². The summed E-state index contributed by atoms with van der Waals surface area (Å²) in [5.41, 5.74) is 1.75. The zero-order chi connectivity index (χ0) is 26.5. The first-order valence-electron chi connectivity index (χ1n) is 13.7. The summed E-state index contributed by atoms with van der Waals surface area (Å²) in [5, 5.41) is 7.03. The van der Waals surface area contributed by atoms with Gasteiger partial charge in [0, 0.05) is 49.6 Å². The lowest BCUT2D eigenvalue weighted by Gasteiger charge is -2.27. The number of amides is 1. The number of nitrogens with zero attached hydrogens (tertiary/aromatic N) is 5. The number of carbonyl (C=O) groups excluding carboxylic acids is 1. The molecule has 1 amide bonds. The van der Waals surface area contributed by atoms with Gasteiger partial charge in [-0.15, -0.1) is 11.3 Å². The monoisotopic (exact) mass is 537 g/mol. The molecule has 38 heavy (non-hydrogen) atoms. The van der Waals surface area contributed by atoms with Gasteiger partial charge in [-0.05, 0) is 62.6 Å². The Morgan fingerprint density at radius 2 is 1.97 bits per heavy atom. The largest absolute Gasteiger partial charge is 0.444 e. The minimum Gasteiger partial charge on any atom is -0.444 e. The molecule has 2 aliphatic rings. The lowest BCUT2D eigenvalue weighted by atomic mass is 10.1. The predicted molar refractivity (Wildman–Crippen MR) is 149 cm³/mol. The van der Waals surface area contributed by atoms with Crippen LogP contribution in [-0.2, 0) is 29.0 Å². The van der Waals surface area contributed by atoms with Crippen molar-refractivity contribution >= 4 is 17.4 Å². The molecule has 1 aliphatic heterocycles. The Hall–Kier alpha value is -2.75. The lowest BCUT2D eigenvalue weighted by molar-refractivity contribution is 0.0241. The Labute approximate surface area is 229 Å². The van der Waals surface area contributed by atoms with Gasteiger partial charge in [0.25, 0.3) is 0 Å². The van der Waals surface area contributed by atoms with E-state index in [-0.39, 0.29) is 6.09 Å². The van der Waals surface area contributed by atoms with Gasteiger partial charge in [-0.2, -0.15) is 5.10 Å². The van der Waals surface area contributed by atoms with Crippen molar-refractivity contribution in [2.45, 2.75) is 58.7 Å². The summed E-state index contributed by atoms with van der Waals surface area (Å²) in [6.45, 7) is 12.1. The summed E-state index contributed by atoms with van der Waals surface area (Å²) in [5.74, 6) is 2.19. The maximum Gasteiger partial charge on any atom is 0.410 e. The van der Waals surface area contributed by atoms with E-state index in [4.69, 9.17) is 19.6 Å². The number of aromatic nitrogens is 3. The molecule has 204 valence electrons. The van der Waals surface area contributed by atoms with Gasteiger partial charge in [0.2, 0.25) is 0 Å². The van der Waals surface area contributed by atoms with E-state index in [1.54, 1.807) is 11.3 Å². The highest BCUT2D eigenvalue weighted by atomic mass is 32.1. The highest BCUT2D eigenvalue weighted by molar-refractivity contribution is 7.09. The van der Waals surface area contributed by atoms with Crippen LogP contribution in [0.1, 0.15) is 49.9 Å². The molecule has 0 spiro atoms.